The molecular weight excluding hydrogens is 312 g/mol. The normalized spacial score (nSPS) is 10.2. The summed E-state index contributed by atoms with van der Waals surface area (Å²) in [6, 6.07) is 19.6. The molecule has 0 saturated heterocycles. The Hall–Kier alpha value is -3.14. The number of aromatic nitrogens is 2. The highest BCUT2D eigenvalue weighted by Crippen LogP contribution is 2.25. The molecule has 0 saturated carbocycles. The molecule has 4 nitrogen and oxygen atoms in total. The molecule has 0 aliphatic rings. The third-order valence-electron chi connectivity index (χ3n) is 3.54. The first kappa shape index (κ1) is 16.7. The molecule has 0 bridgehead atoms. The number of oxazole rings is 1. The van der Waals surface area contributed by atoms with Crippen molar-refractivity contribution in [1.82, 2.24) is 9.97 Å². The van der Waals surface area contributed by atoms with Crippen molar-refractivity contribution in [3.8, 4) is 17.2 Å². The van der Waals surface area contributed by atoms with Crippen LogP contribution in [0.2, 0.25) is 0 Å². The van der Waals surface area contributed by atoms with Crippen LogP contribution in [-0.2, 0) is 6.61 Å². The third kappa shape index (κ3) is 4.04. The second-order valence-corrected chi connectivity index (χ2v) is 5.16. The molecular formula is C21H20N2O2. The first-order valence-corrected chi connectivity index (χ1v) is 8.36. The van der Waals surface area contributed by atoms with E-state index in [1.807, 2.05) is 74.5 Å². The number of benzene rings is 2. The molecule has 2 aromatic carbocycles. The van der Waals surface area contributed by atoms with Crippen LogP contribution in [-0.4, -0.2) is 9.97 Å². The van der Waals surface area contributed by atoms with Crippen LogP contribution < -0.4 is 4.74 Å². The average Bonchev–Trinajstić information content (AvgIpc) is 3.13. The Kier molecular flexibility index (Phi) is 5.42. The minimum absolute atomic E-state index is 0.550. The second-order valence-electron chi connectivity index (χ2n) is 5.16. The van der Waals surface area contributed by atoms with Gasteiger partial charge in [0.2, 0.25) is 5.89 Å². The van der Waals surface area contributed by atoms with E-state index in [0.29, 0.717) is 12.5 Å². The summed E-state index contributed by atoms with van der Waals surface area (Å²) in [5.74, 6) is 1.40. The van der Waals surface area contributed by atoms with Crippen molar-refractivity contribution in [2.24, 2.45) is 0 Å². The van der Waals surface area contributed by atoms with E-state index in [2.05, 4.69) is 9.97 Å². The van der Waals surface area contributed by atoms with E-state index < -0.39 is 0 Å². The van der Waals surface area contributed by atoms with Crippen LogP contribution in [0, 0.1) is 0 Å². The summed E-state index contributed by atoms with van der Waals surface area (Å²) < 4.78 is 11.5. The van der Waals surface area contributed by atoms with Gasteiger partial charge in [-0.2, -0.15) is 0 Å². The van der Waals surface area contributed by atoms with Gasteiger partial charge < -0.3 is 9.15 Å². The van der Waals surface area contributed by atoms with Crippen molar-refractivity contribution in [1.29, 1.82) is 0 Å². The van der Waals surface area contributed by atoms with Crippen LogP contribution in [0.3, 0.4) is 0 Å². The lowest BCUT2D eigenvalue weighted by atomic mass is 10.2. The maximum Gasteiger partial charge on any atom is 0.227 e. The summed E-state index contributed by atoms with van der Waals surface area (Å²) >= 11 is 0. The molecule has 0 fully saturated rings. The molecule has 2 heterocycles. The Morgan fingerprint density at radius 3 is 2.40 bits per heavy atom. The van der Waals surface area contributed by atoms with E-state index in [4.69, 9.17) is 9.15 Å². The molecule has 0 aliphatic carbocycles. The van der Waals surface area contributed by atoms with Gasteiger partial charge in [-0.25, -0.2) is 4.98 Å². The van der Waals surface area contributed by atoms with E-state index in [1.54, 1.807) is 12.4 Å². The van der Waals surface area contributed by atoms with E-state index in [9.17, 15) is 0 Å². The van der Waals surface area contributed by atoms with Crippen molar-refractivity contribution in [3.63, 3.8) is 0 Å². The summed E-state index contributed by atoms with van der Waals surface area (Å²) in [5, 5.41) is 0. The summed E-state index contributed by atoms with van der Waals surface area (Å²) in [5.41, 5.74) is 3.54. The Bertz CT molecular complexity index is 882. The van der Waals surface area contributed by atoms with Gasteiger partial charge in [-0.3, -0.25) is 4.98 Å². The maximum atomic E-state index is 5.78. The lowest BCUT2D eigenvalue weighted by molar-refractivity contribution is 0.306. The zero-order chi connectivity index (χ0) is 17.5. The summed E-state index contributed by atoms with van der Waals surface area (Å²) in [6.07, 6.45) is 3.39. The van der Waals surface area contributed by atoms with Gasteiger partial charge in [0.15, 0.2) is 5.58 Å². The van der Waals surface area contributed by atoms with E-state index >= 15 is 0 Å². The standard InChI is InChI=1S/C19H14N2O2.C2H6/c1-2-4-14(5-3-1)13-22-16-8-6-15(7-9-16)19-21-17-12-20-11-10-18(17)23-19;1-2/h1-12H,13H2;1-2H3. The average molecular weight is 332 g/mol. The number of ether oxygens (including phenoxy) is 1. The van der Waals surface area contributed by atoms with Crippen molar-refractivity contribution >= 4 is 11.1 Å². The van der Waals surface area contributed by atoms with Crippen molar-refractivity contribution in [2.45, 2.75) is 20.5 Å². The Labute approximate surface area is 147 Å². The summed E-state index contributed by atoms with van der Waals surface area (Å²) in [7, 11) is 0. The Morgan fingerprint density at radius 1 is 0.920 bits per heavy atom. The number of hydrogen-bond donors (Lipinski definition) is 0. The van der Waals surface area contributed by atoms with Crippen LogP contribution in [0.5, 0.6) is 5.75 Å². The number of hydrogen-bond acceptors (Lipinski definition) is 4. The molecule has 0 spiro atoms. The molecule has 0 amide bonds. The fraction of sp³-hybridized carbons (Fsp3) is 0.143. The van der Waals surface area contributed by atoms with Gasteiger partial charge in [-0.1, -0.05) is 44.2 Å². The second kappa shape index (κ2) is 8.11. The molecule has 4 rings (SSSR count). The van der Waals surface area contributed by atoms with E-state index in [0.717, 1.165) is 28.0 Å². The van der Waals surface area contributed by atoms with Crippen molar-refractivity contribution < 1.29 is 9.15 Å². The molecule has 4 aromatic rings. The summed E-state index contributed by atoms with van der Waals surface area (Å²) in [4.78, 5) is 8.48. The predicted octanol–water partition coefficient (Wildman–Crippen LogP) is 5.50. The third-order valence-corrected chi connectivity index (χ3v) is 3.54. The lowest BCUT2D eigenvalue weighted by Gasteiger charge is -2.06. The Morgan fingerprint density at radius 2 is 1.68 bits per heavy atom. The molecule has 0 unspecified atom stereocenters. The van der Waals surface area contributed by atoms with E-state index in [1.165, 1.54) is 0 Å². The van der Waals surface area contributed by atoms with Crippen LogP contribution >= 0.6 is 0 Å². The largest absolute Gasteiger partial charge is 0.489 e. The maximum absolute atomic E-state index is 5.78. The smallest absolute Gasteiger partial charge is 0.227 e. The fourth-order valence-corrected chi connectivity index (χ4v) is 2.34. The zero-order valence-electron chi connectivity index (χ0n) is 14.3. The number of rotatable bonds is 4. The molecule has 0 radical (unpaired) electrons. The first-order chi connectivity index (χ1) is 12.4. The fourth-order valence-electron chi connectivity index (χ4n) is 2.34. The minimum Gasteiger partial charge on any atom is -0.489 e. The SMILES string of the molecule is CC.c1ccc(COc2ccc(-c3nc4cnccc4o3)cc2)cc1. The predicted molar refractivity (Wildman–Crippen MR) is 99.4 cm³/mol. The van der Waals surface area contributed by atoms with Crippen molar-refractivity contribution in [2.75, 3.05) is 0 Å². The molecule has 0 atom stereocenters. The molecule has 0 N–H and O–H groups in total. The molecule has 126 valence electrons. The molecule has 4 heteroatoms. The van der Waals surface area contributed by atoms with Crippen molar-refractivity contribution in [3.05, 3.63) is 78.6 Å². The number of fused-ring (bicyclic) bond motifs is 1. The van der Waals surface area contributed by atoms with Gasteiger partial charge in [-0.05, 0) is 29.8 Å². The zero-order valence-corrected chi connectivity index (χ0v) is 14.3. The highest BCUT2D eigenvalue weighted by Gasteiger charge is 2.08. The molecule has 0 aliphatic heterocycles. The van der Waals surface area contributed by atoms with Gasteiger partial charge in [-0.15, -0.1) is 0 Å². The van der Waals surface area contributed by atoms with Crippen LogP contribution in [0.25, 0.3) is 22.6 Å². The Balaban J connectivity index is 0.000000880. The van der Waals surface area contributed by atoms with Crippen LogP contribution in [0.4, 0.5) is 0 Å². The summed E-state index contributed by atoms with van der Waals surface area (Å²) in [6.45, 7) is 4.55. The first-order valence-electron chi connectivity index (χ1n) is 8.36. The monoisotopic (exact) mass is 332 g/mol. The van der Waals surface area contributed by atoms with E-state index in [-0.39, 0.29) is 0 Å². The number of nitrogens with zero attached hydrogens (tertiary/aromatic N) is 2. The minimum atomic E-state index is 0.550. The van der Waals surface area contributed by atoms with Crippen LogP contribution in [0.15, 0.2) is 77.5 Å². The topological polar surface area (TPSA) is 48.2 Å². The van der Waals surface area contributed by atoms with Gasteiger partial charge in [0, 0.05) is 17.8 Å². The lowest BCUT2D eigenvalue weighted by Crippen LogP contribution is -1.94. The van der Waals surface area contributed by atoms with Crippen LogP contribution in [0.1, 0.15) is 19.4 Å². The highest BCUT2D eigenvalue weighted by molar-refractivity contribution is 5.74. The van der Waals surface area contributed by atoms with Gasteiger partial charge in [0.05, 0.1) is 6.20 Å². The van der Waals surface area contributed by atoms with Gasteiger partial charge in [0.1, 0.15) is 17.9 Å². The number of pyridine rings is 1. The molecule has 25 heavy (non-hydrogen) atoms. The quantitative estimate of drug-likeness (QED) is 0.495. The molecule has 2 aromatic heterocycles. The van der Waals surface area contributed by atoms with Gasteiger partial charge >= 0.3 is 0 Å². The highest BCUT2D eigenvalue weighted by atomic mass is 16.5. The van der Waals surface area contributed by atoms with Gasteiger partial charge in [0.25, 0.3) is 0 Å².